The van der Waals surface area contributed by atoms with Crippen molar-refractivity contribution in [3.63, 3.8) is 0 Å². The first kappa shape index (κ1) is 23.4. The Balaban J connectivity index is 1.87. The quantitative estimate of drug-likeness (QED) is 0.278. The summed E-state index contributed by atoms with van der Waals surface area (Å²) in [6, 6.07) is 19.2. The molecule has 1 atom stereocenters. The Kier molecular flexibility index (Phi) is 6.61. The zero-order valence-corrected chi connectivity index (χ0v) is 19.7. The van der Waals surface area contributed by atoms with Crippen molar-refractivity contribution >= 4 is 40.4 Å². The Morgan fingerprint density at radius 2 is 1.62 bits per heavy atom. The molecule has 34 heavy (non-hydrogen) atoms. The van der Waals surface area contributed by atoms with E-state index in [2.05, 4.69) is 18.7 Å². The number of benzene rings is 3. The van der Waals surface area contributed by atoms with Crippen molar-refractivity contribution in [1.29, 1.82) is 0 Å². The van der Waals surface area contributed by atoms with Gasteiger partial charge in [-0.1, -0.05) is 23.7 Å². The number of amides is 1. The first-order valence-electron chi connectivity index (χ1n) is 11.1. The normalized spacial score (nSPS) is 17.3. The van der Waals surface area contributed by atoms with Gasteiger partial charge in [0.1, 0.15) is 11.5 Å². The van der Waals surface area contributed by atoms with Crippen LogP contribution >= 0.6 is 11.6 Å². The van der Waals surface area contributed by atoms with Gasteiger partial charge in [0.05, 0.1) is 11.6 Å². The minimum absolute atomic E-state index is 0.00791. The van der Waals surface area contributed by atoms with Crippen molar-refractivity contribution in [3.8, 4) is 5.75 Å². The van der Waals surface area contributed by atoms with Crippen LogP contribution in [0.5, 0.6) is 5.75 Å². The molecule has 0 radical (unpaired) electrons. The second-order valence-electron chi connectivity index (χ2n) is 7.96. The number of anilines is 2. The molecule has 0 aliphatic carbocycles. The molecule has 1 heterocycles. The van der Waals surface area contributed by atoms with Gasteiger partial charge in [-0.25, -0.2) is 0 Å². The van der Waals surface area contributed by atoms with E-state index in [1.165, 1.54) is 17.0 Å². The van der Waals surface area contributed by atoms with Gasteiger partial charge in [0.15, 0.2) is 0 Å². The van der Waals surface area contributed by atoms with E-state index in [1.54, 1.807) is 48.5 Å². The van der Waals surface area contributed by atoms with Crippen LogP contribution in [0, 0.1) is 0 Å². The average molecular weight is 477 g/mol. The van der Waals surface area contributed by atoms with E-state index >= 15 is 0 Å². The fraction of sp³-hybridized carbons (Fsp3) is 0.185. The molecule has 174 valence electrons. The summed E-state index contributed by atoms with van der Waals surface area (Å²) in [5.74, 6) is -1.86. The first-order valence-corrected chi connectivity index (χ1v) is 11.4. The molecule has 3 aromatic rings. The molecular formula is C27H25ClN2O4. The van der Waals surface area contributed by atoms with E-state index in [1.807, 2.05) is 12.1 Å². The number of Topliss-reactive ketones (excluding diaryl/α,β-unsaturated/α-hetero) is 1. The minimum Gasteiger partial charge on any atom is -0.508 e. The standard InChI is InChI=1S/C27H25ClN2O4/c1-3-29(4-2)20-12-14-21(15-13-20)30-24(18-6-5-7-22(31)16-18)23(26(33)27(30)34)25(32)17-8-10-19(28)11-9-17/h5-16,24,31-32H,3-4H2,1-2H3/b25-23-. The van der Waals surface area contributed by atoms with E-state index in [4.69, 9.17) is 11.6 Å². The smallest absolute Gasteiger partial charge is 0.300 e. The summed E-state index contributed by atoms with van der Waals surface area (Å²) in [5.41, 5.74) is 2.33. The van der Waals surface area contributed by atoms with E-state index < -0.39 is 17.7 Å². The topological polar surface area (TPSA) is 81.1 Å². The lowest BCUT2D eigenvalue weighted by Gasteiger charge is -2.27. The number of ketones is 1. The van der Waals surface area contributed by atoms with Gasteiger partial charge in [-0.2, -0.15) is 0 Å². The number of aliphatic hydroxyl groups is 1. The van der Waals surface area contributed by atoms with Gasteiger partial charge >= 0.3 is 0 Å². The maximum atomic E-state index is 13.2. The lowest BCUT2D eigenvalue weighted by molar-refractivity contribution is -0.132. The predicted octanol–water partition coefficient (Wildman–Crippen LogP) is 5.52. The molecule has 1 saturated heterocycles. The number of hydrogen-bond donors (Lipinski definition) is 2. The number of hydrogen-bond acceptors (Lipinski definition) is 5. The molecule has 1 amide bonds. The summed E-state index contributed by atoms with van der Waals surface area (Å²) < 4.78 is 0. The molecular weight excluding hydrogens is 452 g/mol. The molecule has 0 bridgehead atoms. The molecule has 4 rings (SSSR count). The lowest BCUT2D eigenvalue weighted by Crippen LogP contribution is -2.29. The van der Waals surface area contributed by atoms with Crippen LogP contribution in [0.3, 0.4) is 0 Å². The van der Waals surface area contributed by atoms with E-state index in [9.17, 15) is 19.8 Å². The van der Waals surface area contributed by atoms with Crippen LogP contribution in [0.4, 0.5) is 11.4 Å². The van der Waals surface area contributed by atoms with Gasteiger partial charge in [-0.05, 0) is 80.1 Å². The Morgan fingerprint density at radius 3 is 2.21 bits per heavy atom. The number of phenolic OH excluding ortho intramolecular Hbond substituents is 1. The van der Waals surface area contributed by atoms with Crippen molar-refractivity contribution < 1.29 is 19.8 Å². The van der Waals surface area contributed by atoms with Crippen LogP contribution in [0.25, 0.3) is 5.76 Å². The monoisotopic (exact) mass is 476 g/mol. The molecule has 1 aliphatic heterocycles. The molecule has 1 fully saturated rings. The summed E-state index contributed by atoms with van der Waals surface area (Å²) in [6.07, 6.45) is 0. The molecule has 2 N–H and O–H groups in total. The zero-order valence-electron chi connectivity index (χ0n) is 18.9. The highest BCUT2D eigenvalue weighted by molar-refractivity contribution is 6.51. The van der Waals surface area contributed by atoms with Gasteiger partial charge in [0.25, 0.3) is 11.7 Å². The van der Waals surface area contributed by atoms with Gasteiger partial charge < -0.3 is 15.1 Å². The molecule has 1 aliphatic rings. The Hall–Kier alpha value is -3.77. The number of phenols is 1. The highest BCUT2D eigenvalue weighted by Crippen LogP contribution is 2.43. The number of carbonyl (C=O) groups excluding carboxylic acids is 2. The molecule has 1 unspecified atom stereocenters. The Bertz CT molecular complexity index is 1250. The Labute approximate surface area is 203 Å². The van der Waals surface area contributed by atoms with Crippen LogP contribution in [-0.2, 0) is 9.59 Å². The van der Waals surface area contributed by atoms with Gasteiger partial charge in [-0.3, -0.25) is 14.5 Å². The van der Waals surface area contributed by atoms with E-state index in [0.29, 0.717) is 21.8 Å². The number of halogens is 1. The predicted molar refractivity (Wildman–Crippen MR) is 134 cm³/mol. The van der Waals surface area contributed by atoms with Crippen LogP contribution < -0.4 is 9.80 Å². The molecule has 0 aromatic heterocycles. The molecule has 0 spiro atoms. The van der Waals surface area contributed by atoms with Gasteiger partial charge in [0.2, 0.25) is 0 Å². The number of aromatic hydroxyl groups is 1. The summed E-state index contributed by atoms with van der Waals surface area (Å²) in [7, 11) is 0. The van der Waals surface area contributed by atoms with Crippen molar-refractivity contribution in [3.05, 3.63) is 94.5 Å². The fourth-order valence-corrected chi connectivity index (χ4v) is 4.41. The van der Waals surface area contributed by atoms with Crippen molar-refractivity contribution in [2.24, 2.45) is 0 Å². The maximum absolute atomic E-state index is 13.2. The summed E-state index contributed by atoms with van der Waals surface area (Å²) in [5, 5.41) is 21.7. The molecule has 3 aromatic carbocycles. The highest BCUT2D eigenvalue weighted by Gasteiger charge is 2.47. The number of carbonyl (C=O) groups is 2. The minimum atomic E-state index is -0.915. The summed E-state index contributed by atoms with van der Waals surface area (Å²) >= 11 is 5.97. The zero-order chi connectivity index (χ0) is 24.4. The second-order valence-corrected chi connectivity index (χ2v) is 8.40. The van der Waals surface area contributed by atoms with Crippen LogP contribution in [0.1, 0.15) is 31.0 Å². The summed E-state index contributed by atoms with van der Waals surface area (Å²) in [4.78, 5) is 30.0. The second kappa shape index (κ2) is 9.61. The largest absolute Gasteiger partial charge is 0.508 e. The van der Waals surface area contributed by atoms with Crippen LogP contribution in [0.2, 0.25) is 5.02 Å². The average Bonchev–Trinajstić information content (AvgIpc) is 3.11. The lowest BCUT2D eigenvalue weighted by atomic mass is 9.95. The fourth-order valence-electron chi connectivity index (χ4n) is 4.29. The third-order valence-corrected chi connectivity index (χ3v) is 6.26. The number of aliphatic hydroxyl groups excluding tert-OH is 1. The molecule has 7 heteroatoms. The summed E-state index contributed by atoms with van der Waals surface area (Å²) in [6.45, 7) is 5.80. The van der Waals surface area contributed by atoms with E-state index in [0.717, 1.165) is 18.8 Å². The maximum Gasteiger partial charge on any atom is 0.300 e. The Morgan fingerprint density at radius 1 is 0.971 bits per heavy atom. The van der Waals surface area contributed by atoms with Crippen LogP contribution in [-0.4, -0.2) is 35.0 Å². The van der Waals surface area contributed by atoms with Gasteiger partial charge in [-0.15, -0.1) is 0 Å². The third kappa shape index (κ3) is 4.24. The molecule has 6 nitrogen and oxygen atoms in total. The first-order chi connectivity index (χ1) is 16.3. The number of nitrogens with zero attached hydrogens (tertiary/aromatic N) is 2. The number of rotatable bonds is 6. The van der Waals surface area contributed by atoms with E-state index in [-0.39, 0.29) is 17.1 Å². The molecule has 0 saturated carbocycles. The van der Waals surface area contributed by atoms with Crippen molar-refractivity contribution in [2.75, 3.05) is 22.9 Å². The van der Waals surface area contributed by atoms with Crippen LogP contribution in [0.15, 0.2) is 78.4 Å². The van der Waals surface area contributed by atoms with Crippen molar-refractivity contribution in [2.45, 2.75) is 19.9 Å². The SMILES string of the molecule is CCN(CC)c1ccc(N2C(=O)C(=O)/C(=C(\O)c3ccc(Cl)cc3)C2c2cccc(O)c2)cc1. The van der Waals surface area contributed by atoms with Gasteiger partial charge in [0, 0.05) is 35.1 Å². The van der Waals surface area contributed by atoms with Crippen molar-refractivity contribution in [1.82, 2.24) is 0 Å². The highest BCUT2D eigenvalue weighted by atomic mass is 35.5. The third-order valence-electron chi connectivity index (χ3n) is 6.00.